The lowest BCUT2D eigenvalue weighted by molar-refractivity contribution is -0.126. The Morgan fingerprint density at radius 2 is 1.66 bits per heavy atom. The molecule has 0 N–H and O–H groups in total. The normalized spacial score (nSPS) is 14.7. The minimum atomic E-state index is -0.199. The standard InChI is InChI=1S/C24H27N3O2/c1-18(2)20-6-4-19(5-7-20)16-21(17-25)24(28)27-14-12-26(13-15-27)22-8-10-23(29-3)11-9-22/h4-11,16,18H,12-15H2,1-3H3/b21-16+. The van der Waals surface area contributed by atoms with Crippen molar-refractivity contribution in [2.24, 2.45) is 0 Å². The Balaban J connectivity index is 1.64. The summed E-state index contributed by atoms with van der Waals surface area (Å²) in [5, 5.41) is 9.52. The van der Waals surface area contributed by atoms with E-state index in [4.69, 9.17) is 4.74 Å². The number of carbonyl (C=O) groups is 1. The first kappa shape index (κ1) is 20.5. The Morgan fingerprint density at radius 1 is 1.03 bits per heavy atom. The first-order valence-electron chi connectivity index (χ1n) is 9.92. The van der Waals surface area contributed by atoms with Crippen molar-refractivity contribution in [3.05, 3.63) is 65.2 Å². The van der Waals surface area contributed by atoms with Crippen LogP contribution in [-0.2, 0) is 4.79 Å². The van der Waals surface area contributed by atoms with Gasteiger partial charge in [0.2, 0.25) is 0 Å². The third-order valence-corrected chi connectivity index (χ3v) is 5.27. The maximum Gasteiger partial charge on any atom is 0.264 e. The van der Waals surface area contributed by atoms with Gasteiger partial charge in [0.1, 0.15) is 17.4 Å². The van der Waals surface area contributed by atoms with Crippen molar-refractivity contribution in [1.82, 2.24) is 4.90 Å². The van der Waals surface area contributed by atoms with Crippen LogP contribution in [0.1, 0.15) is 30.9 Å². The van der Waals surface area contributed by atoms with Crippen LogP contribution in [0.2, 0.25) is 0 Å². The van der Waals surface area contributed by atoms with Crippen molar-refractivity contribution < 1.29 is 9.53 Å². The van der Waals surface area contributed by atoms with Crippen molar-refractivity contribution in [3.63, 3.8) is 0 Å². The van der Waals surface area contributed by atoms with E-state index >= 15 is 0 Å². The van der Waals surface area contributed by atoms with Gasteiger partial charge in [-0.1, -0.05) is 38.1 Å². The van der Waals surface area contributed by atoms with Crippen LogP contribution in [0, 0.1) is 11.3 Å². The molecule has 0 bridgehead atoms. The molecule has 1 amide bonds. The van der Waals surface area contributed by atoms with Crippen molar-refractivity contribution in [1.29, 1.82) is 5.26 Å². The van der Waals surface area contributed by atoms with Gasteiger partial charge in [-0.3, -0.25) is 4.79 Å². The van der Waals surface area contributed by atoms with E-state index < -0.39 is 0 Å². The smallest absolute Gasteiger partial charge is 0.264 e. The van der Waals surface area contributed by atoms with E-state index in [1.165, 1.54) is 5.56 Å². The molecule has 29 heavy (non-hydrogen) atoms. The molecule has 1 aliphatic heterocycles. The predicted molar refractivity (Wildman–Crippen MR) is 116 cm³/mol. The molecule has 0 radical (unpaired) electrons. The second-order valence-corrected chi connectivity index (χ2v) is 7.47. The lowest BCUT2D eigenvalue weighted by Gasteiger charge is -2.36. The summed E-state index contributed by atoms with van der Waals surface area (Å²) in [5.41, 5.74) is 3.40. The summed E-state index contributed by atoms with van der Waals surface area (Å²) in [6.07, 6.45) is 1.68. The SMILES string of the molecule is COc1ccc(N2CCN(C(=O)/C(C#N)=C/c3ccc(C(C)C)cc3)CC2)cc1. The number of nitrogens with zero attached hydrogens (tertiary/aromatic N) is 3. The number of piperazine rings is 1. The van der Waals surface area contributed by atoms with E-state index in [-0.39, 0.29) is 11.5 Å². The summed E-state index contributed by atoms with van der Waals surface area (Å²) in [6, 6.07) is 18.0. The van der Waals surface area contributed by atoms with Crippen LogP contribution in [-0.4, -0.2) is 44.1 Å². The molecular weight excluding hydrogens is 362 g/mol. The highest BCUT2D eigenvalue weighted by molar-refractivity contribution is 6.01. The van der Waals surface area contributed by atoms with Crippen molar-refractivity contribution >= 4 is 17.7 Å². The van der Waals surface area contributed by atoms with Crippen molar-refractivity contribution in [2.45, 2.75) is 19.8 Å². The third kappa shape index (κ3) is 4.97. The quantitative estimate of drug-likeness (QED) is 0.571. The third-order valence-electron chi connectivity index (χ3n) is 5.27. The summed E-state index contributed by atoms with van der Waals surface area (Å²) in [5.74, 6) is 1.08. The van der Waals surface area contributed by atoms with Gasteiger partial charge in [-0.15, -0.1) is 0 Å². The van der Waals surface area contributed by atoms with Gasteiger partial charge < -0.3 is 14.5 Å². The number of methoxy groups -OCH3 is 1. The van der Waals surface area contributed by atoms with E-state index in [0.29, 0.717) is 19.0 Å². The fourth-order valence-corrected chi connectivity index (χ4v) is 3.42. The number of hydrogen-bond donors (Lipinski definition) is 0. The van der Waals surface area contributed by atoms with Crippen LogP contribution in [0.25, 0.3) is 6.08 Å². The Morgan fingerprint density at radius 3 is 2.17 bits per heavy atom. The molecule has 0 atom stereocenters. The van der Waals surface area contributed by atoms with Gasteiger partial charge in [-0.05, 0) is 47.4 Å². The lowest BCUT2D eigenvalue weighted by atomic mass is 10.0. The Labute approximate surface area is 172 Å². The summed E-state index contributed by atoms with van der Waals surface area (Å²) >= 11 is 0. The zero-order chi connectivity index (χ0) is 20.8. The molecule has 1 saturated heterocycles. The Kier molecular flexibility index (Phi) is 6.56. The maximum atomic E-state index is 12.8. The first-order chi connectivity index (χ1) is 14.0. The van der Waals surface area contributed by atoms with Crippen LogP contribution >= 0.6 is 0 Å². The molecule has 0 unspecified atom stereocenters. The molecule has 5 heteroatoms. The molecule has 2 aromatic rings. The number of nitriles is 1. The van der Waals surface area contributed by atoms with Gasteiger partial charge in [0.15, 0.2) is 0 Å². The zero-order valence-electron chi connectivity index (χ0n) is 17.3. The van der Waals surface area contributed by atoms with E-state index in [2.05, 4.69) is 24.8 Å². The molecule has 5 nitrogen and oxygen atoms in total. The summed E-state index contributed by atoms with van der Waals surface area (Å²) in [6.45, 7) is 6.94. The van der Waals surface area contributed by atoms with E-state index in [0.717, 1.165) is 30.1 Å². The van der Waals surface area contributed by atoms with Gasteiger partial charge in [-0.25, -0.2) is 0 Å². The Hall–Kier alpha value is -3.26. The number of ether oxygens (including phenoxy) is 1. The Bertz CT molecular complexity index is 901. The maximum absolute atomic E-state index is 12.8. The van der Waals surface area contributed by atoms with Gasteiger partial charge in [0, 0.05) is 31.9 Å². The molecule has 0 saturated carbocycles. The van der Waals surface area contributed by atoms with Crippen LogP contribution < -0.4 is 9.64 Å². The van der Waals surface area contributed by atoms with Gasteiger partial charge in [-0.2, -0.15) is 5.26 Å². The molecule has 0 aliphatic carbocycles. The predicted octanol–water partition coefficient (Wildman–Crippen LogP) is 4.07. The van der Waals surface area contributed by atoms with Crippen molar-refractivity contribution in [3.8, 4) is 11.8 Å². The van der Waals surface area contributed by atoms with Crippen LogP contribution in [0.5, 0.6) is 5.75 Å². The van der Waals surface area contributed by atoms with E-state index in [1.54, 1.807) is 18.1 Å². The molecule has 3 rings (SSSR count). The number of carbonyl (C=O) groups excluding carboxylic acids is 1. The molecule has 1 fully saturated rings. The number of benzene rings is 2. The largest absolute Gasteiger partial charge is 0.497 e. The first-order valence-corrected chi connectivity index (χ1v) is 9.92. The van der Waals surface area contributed by atoms with Crippen molar-refractivity contribution in [2.75, 3.05) is 38.2 Å². The topological polar surface area (TPSA) is 56.6 Å². The molecule has 1 heterocycles. The monoisotopic (exact) mass is 389 g/mol. The fourth-order valence-electron chi connectivity index (χ4n) is 3.42. The highest BCUT2D eigenvalue weighted by Crippen LogP contribution is 2.21. The second-order valence-electron chi connectivity index (χ2n) is 7.47. The zero-order valence-corrected chi connectivity index (χ0v) is 17.3. The fraction of sp³-hybridized carbons (Fsp3) is 0.333. The van der Waals surface area contributed by atoms with E-state index in [9.17, 15) is 10.1 Å². The van der Waals surface area contributed by atoms with Gasteiger partial charge in [0.05, 0.1) is 7.11 Å². The molecule has 150 valence electrons. The summed E-state index contributed by atoms with van der Waals surface area (Å²) in [7, 11) is 1.65. The minimum Gasteiger partial charge on any atom is -0.497 e. The minimum absolute atomic E-state index is 0.181. The average Bonchev–Trinajstić information content (AvgIpc) is 2.77. The molecule has 0 aromatic heterocycles. The number of hydrogen-bond acceptors (Lipinski definition) is 4. The molecule has 1 aliphatic rings. The van der Waals surface area contributed by atoms with Crippen LogP contribution in [0.4, 0.5) is 5.69 Å². The average molecular weight is 389 g/mol. The second kappa shape index (κ2) is 9.29. The van der Waals surface area contributed by atoms with Gasteiger partial charge in [0.25, 0.3) is 5.91 Å². The van der Waals surface area contributed by atoms with E-state index in [1.807, 2.05) is 48.5 Å². The summed E-state index contributed by atoms with van der Waals surface area (Å²) in [4.78, 5) is 16.8. The number of amides is 1. The van der Waals surface area contributed by atoms with Crippen LogP contribution in [0.3, 0.4) is 0 Å². The number of rotatable bonds is 5. The molecule has 0 spiro atoms. The molecule has 2 aromatic carbocycles. The highest BCUT2D eigenvalue weighted by Gasteiger charge is 2.24. The lowest BCUT2D eigenvalue weighted by Crippen LogP contribution is -2.49. The summed E-state index contributed by atoms with van der Waals surface area (Å²) < 4.78 is 5.20. The van der Waals surface area contributed by atoms with Crippen LogP contribution in [0.15, 0.2) is 54.1 Å². The molecular formula is C24H27N3O2. The van der Waals surface area contributed by atoms with Gasteiger partial charge >= 0.3 is 0 Å². The number of anilines is 1. The highest BCUT2D eigenvalue weighted by atomic mass is 16.5.